The quantitative estimate of drug-likeness (QED) is 0.918. The lowest BCUT2D eigenvalue weighted by molar-refractivity contribution is 0.0697. The molecule has 1 fully saturated rings. The fraction of sp³-hybridized carbons (Fsp3) is 0.300. The third kappa shape index (κ3) is 3.81. The van der Waals surface area contributed by atoms with Crippen LogP contribution < -0.4 is 0 Å². The summed E-state index contributed by atoms with van der Waals surface area (Å²) < 4.78 is 0. The molecular formula is C20H20N2O2. The first-order chi connectivity index (χ1) is 11.7. The Balaban J connectivity index is 1.57. The maximum Gasteiger partial charge on any atom is 0.335 e. The molecule has 3 rings (SSSR count). The van der Waals surface area contributed by atoms with E-state index in [1.807, 2.05) is 36.4 Å². The molecule has 122 valence electrons. The summed E-state index contributed by atoms with van der Waals surface area (Å²) >= 11 is 0. The van der Waals surface area contributed by atoms with Crippen molar-refractivity contribution in [2.75, 3.05) is 13.1 Å². The molecule has 4 heteroatoms. The summed E-state index contributed by atoms with van der Waals surface area (Å²) in [4.78, 5) is 13.3. The van der Waals surface area contributed by atoms with Gasteiger partial charge in [0, 0.05) is 13.1 Å². The number of nitrogens with zero attached hydrogens (tertiary/aromatic N) is 2. The van der Waals surface area contributed by atoms with E-state index in [4.69, 9.17) is 5.11 Å². The highest BCUT2D eigenvalue weighted by Crippen LogP contribution is 2.23. The molecule has 1 atom stereocenters. The Labute approximate surface area is 142 Å². The Kier molecular flexibility index (Phi) is 4.93. The van der Waals surface area contributed by atoms with E-state index < -0.39 is 5.97 Å². The maximum atomic E-state index is 10.9. The SMILES string of the molecule is N#Cc1ccccc1CN1CC[C@@H](Cc2ccc(C(=O)O)cc2)C1. The van der Waals surface area contributed by atoms with Crippen molar-refractivity contribution < 1.29 is 9.90 Å². The standard InChI is InChI=1S/C20H20N2O2/c21-12-18-3-1-2-4-19(18)14-22-10-9-16(13-22)11-15-5-7-17(8-6-15)20(23)24/h1-8,16H,9-11,13-14H2,(H,23,24)/t16-/m0/s1. The normalized spacial score (nSPS) is 17.5. The van der Waals surface area contributed by atoms with Crippen LogP contribution in [0.3, 0.4) is 0 Å². The number of aromatic carboxylic acids is 1. The molecule has 1 saturated heterocycles. The monoisotopic (exact) mass is 320 g/mol. The number of likely N-dealkylation sites (tertiary alicyclic amines) is 1. The van der Waals surface area contributed by atoms with E-state index in [1.165, 1.54) is 5.56 Å². The average Bonchev–Trinajstić information content (AvgIpc) is 3.03. The minimum absolute atomic E-state index is 0.333. The van der Waals surface area contributed by atoms with Gasteiger partial charge in [-0.2, -0.15) is 5.26 Å². The lowest BCUT2D eigenvalue weighted by atomic mass is 9.98. The van der Waals surface area contributed by atoms with Crippen LogP contribution >= 0.6 is 0 Å². The van der Waals surface area contributed by atoms with Gasteiger partial charge < -0.3 is 5.11 Å². The van der Waals surface area contributed by atoms with Crippen LogP contribution in [0.2, 0.25) is 0 Å². The largest absolute Gasteiger partial charge is 0.478 e. The lowest BCUT2D eigenvalue weighted by Crippen LogP contribution is -2.21. The van der Waals surface area contributed by atoms with Gasteiger partial charge >= 0.3 is 5.97 Å². The molecule has 0 radical (unpaired) electrons. The minimum atomic E-state index is -0.884. The molecular weight excluding hydrogens is 300 g/mol. The summed E-state index contributed by atoms with van der Waals surface area (Å²) in [5.41, 5.74) is 3.36. The fourth-order valence-corrected chi connectivity index (χ4v) is 3.35. The Hall–Kier alpha value is -2.64. The van der Waals surface area contributed by atoms with Crippen molar-refractivity contribution in [3.05, 3.63) is 70.8 Å². The minimum Gasteiger partial charge on any atom is -0.478 e. The van der Waals surface area contributed by atoms with Gasteiger partial charge in [-0.25, -0.2) is 4.79 Å². The van der Waals surface area contributed by atoms with Gasteiger partial charge in [0.05, 0.1) is 17.2 Å². The number of hydrogen-bond donors (Lipinski definition) is 1. The van der Waals surface area contributed by atoms with E-state index in [0.717, 1.165) is 43.6 Å². The third-order valence-electron chi connectivity index (χ3n) is 4.63. The molecule has 0 bridgehead atoms. The van der Waals surface area contributed by atoms with Crippen molar-refractivity contribution in [2.45, 2.75) is 19.4 Å². The van der Waals surface area contributed by atoms with Crippen LogP contribution in [0.15, 0.2) is 48.5 Å². The fourth-order valence-electron chi connectivity index (χ4n) is 3.35. The molecule has 2 aromatic rings. The van der Waals surface area contributed by atoms with E-state index >= 15 is 0 Å². The highest BCUT2D eigenvalue weighted by molar-refractivity contribution is 5.87. The molecule has 24 heavy (non-hydrogen) atoms. The van der Waals surface area contributed by atoms with Gasteiger partial charge in [0.25, 0.3) is 0 Å². The van der Waals surface area contributed by atoms with E-state index in [-0.39, 0.29) is 0 Å². The Morgan fingerprint density at radius 3 is 2.67 bits per heavy atom. The average molecular weight is 320 g/mol. The number of hydrogen-bond acceptors (Lipinski definition) is 3. The molecule has 0 amide bonds. The summed E-state index contributed by atoms with van der Waals surface area (Å²) in [6.07, 6.45) is 2.10. The van der Waals surface area contributed by atoms with Crippen molar-refractivity contribution in [3.8, 4) is 6.07 Å². The van der Waals surface area contributed by atoms with Gasteiger partial charge in [-0.15, -0.1) is 0 Å². The van der Waals surface area contributed by atoms with Crippen molar-refractivity contribution in [3.63, 3.8) is 0 Å². The lowest BCUT2D eigenvalue weighted by Gasteiger charge is -2.17. The number of carboxylic acid groups (broad SMARTS) is 1. The number of benzene rings is 2. The van der Waals surface area contributed by atoms with Crippen LogP contribution in [0.4, 0.5) is 0 Å². The summed E-state index contributed by atoms with van der Waals surface area (Å²) in [6, 6.07) is 17.2. The highest BCUT2D eigenvalue weighted by atomic mass is 16.4. The van der Waals surface area contributed by atoms with E-state index in [9.17, 15) is 10.1 Å². The van der Waals surface area contributed by atoms with E-state index in [0.29, 0.717) is 11.5 Å². The molecule has 0 spiro atoms. The predicted molar refractivity (Wildman–Crippen MR) is 91.6 cm³/mol. The van der Waals surface area contributed by atoms with Gasteiger partial charge in [-0.3, -0.25) is 4.90 Å². The van der Waals surface area contributed by atoms with Crippen molar-refractivity contribution in [1.29, 1.82) is 5.26 Å². The first-order valence-corrected chi connectivity index (χ1v) is 8.18. The molecule has 0 aromatic heterocycles. The summed E-state index contributed by atoms with van der Waals surface area (Å²) in [6.45, 7) is 2.87. The summed E-state index contributed by atoms with van der Waals surface area (Å²) in [5.74, 6) is -0.306. The number of carboxylic acids is 1. The molecule has 0 saturated carbocycles. The molecule has 1 aliphatic rings. The van der Waals surface area contributed by atoms with E-state index in [2.05, 4.69) is 11.0 Å². The van der Waals surface area contributed by atoms with Crippen molar-refractivity contribution in [2.24, 2.45) is 5.92 Å². The van der Waals surface area contributed by atoms with Crippen LogP contribution in [0, 0.1) is 17.2 Å². The molecule has 1 N–H and O–H groups in total. The smallest absolute Gasteiger partial charge is 0.335 e. The highest BCUT2D eigenvalue weighted by Gasteiger charge is 2.23. The Bertz CT molecular complexity index is 762. The summed E-state index contributed by atoms with van der Waals surface area (Å²) in [7, 11) is 0. The van der Waals surface area contributed by atoms with Gasteiger partial charge in [-0.1, -0.05) is 30.3 Å². The zero-order chi connectivity index (χ0) is 16.9. The second kappa shape index (κ2) is 7.29. The topological polar surface area (TPSA) is 64.3 Å². The summed E-state index contributed by atoms with van der Waals surface area (Å²) in [5, 5.41) is 18.1. The molecule has 0 aliphatic carbocycles. The van der Waals surface area contributed by atoms with Crippen LogP contribution in [-0.4, -0.2) is 29.1 Å². The molecule has 0 unspecified atom stereocenters. The maximum absolute atomic E-state index is 10.9. The van der Waals surface area contributed by atoms with Crippen LogP contribution in [-0.2, 0) is 13.0 Å². The van der Waals surface area contributed by atoms with Crippen LogP contribution in [0.1, 0.15) is 33.5 Å². The number of rotatable bonds is 5. The second-order valence-electron chi connectivity index (χ2n) is 6.36. The Morgan fingerprint density at radius 1 is 1.21 bits per heavy atom. The van der Waals surface area contributed by atoms with E-state index in [1.54, 1.807) is 12.1 Å². The van der Waals surface area contributed by atoms with Gasteiger partial charge in [0.1, 0.15) is 0 Å². The first kappa shape index (κ1) is 16.2. The molecule has 4 nitrogen and oxygen atoms in total. The van der Waals surface area contributed by atoms with Gasteiger partial charge in [-0.05, 0) is 54.6 Å². The number of nitriles is 1. The second-order valence-corrected chi connectivity index (χ2v) is 6.36. The van der Waals surface area contributed by atoms with Crippen LogP contribution in [0.5, 0.6) is 0 Å². The van der Waals surface area contributed by atoms with Gasteiger partial charge in [0.15, 0.2) is 0 Å². The third-order valence-corrected chi connectivity index (χ3v) is 4.63. The van der Waals surface area contributed by atoms with Crippen molar-refractivity contribution >= 4 is 5.97 Å². The predicted octanol–water partition coefficient (Wildman–Crippen LogP) is 3.32. The molecule has 1 aliphatic heterocycles. The first-order valence-electron chi connectivity index (χ1n) is 8.18. The van der Waals surface area contributed by atoms with Crippen LogP contribution in [0.25, 0.3) is 0 Å². The Morgan fingerprint density at radius 2 is 1.96 bits per heavy atom. The molecule has 1 heterocycles. The zero-order valence-electron chi connectivity index (χ0n) is 13.5. The van der Waals surface area contributed by atoms with Gasteiger partial charge in [0.2, 0.25) is 0 Å². The zero-order valence-corrected chi connectivity index (χ0v) is 13.5. The number of carbonyl (C=O) groups is 1. The van der Waals surface area contributed by atoms with Crippen molar-refractivity contribution in [1.82, 2.24) is 4.90 Å². The molecule has 2 aromatic carbocycles.